The molecule has 112 valence electrons. The summed E-state index contributed by atoms with van der Waals surface area (Å²) >= 11 is 4.37. The number of nitro groups is 1. The number of nitrogens with zero attached hydrogens (tertiary/aromatic N) is 1. The predicted molar refractivity (Wildman–Crippen MR) is 82.4 cm³/mol. The standard InChI is InChI=1S/C13H12BrNO5S/c1-7(16)12-6-10(15(17)18)13(21-12)20-11-4-3-8(19-2)5-9(11)14/h3-7,16H,1-2H3/t7-/m1/s1. The van der Waals surface area contributed by atoms with Gasteiger partial charge in [-0.05, 0) is 41.1 Å². The number of hydrogen-bond acceptors (Lipinski definition) is 6. The van der Waals surface area contributed by atoms with Gasteiger partial charge in [-0.25, -0.2) is 0 Å². The molecule has 0 saturated carbocycles. The average Bonchev–Trinajstić information content (AvgIpc) is 2.85. The maximum absolute atomic E-state index is 11.1. The molecule has 1 atom stereocenters. The van der Waals surface area contributed by atoms with Gasteiger partial charge in [-0.2, -0.15) is 0 Å². The number of halogens is 1. The highest BCUT2D eigenvalue weighted by Gasteiger charge is 2.23. The van der Waals surface area contributed by atoms with Gasteiger partial charge in [0.2, 0.25) is 0 Å². The molecule has 0 fully saturated rings. The lowest BCUT2D eigenvalue weighted by Crippen LogP contribution is -1.90. The zero-order valence-corrected chi connectivity index (χ0v) is 13.6. The number of aliphatic hydroxyl groups excluding tert-OH is 1. The Hall–Kier alpha value is -1.64. The van der Waals surface area contributed by atoms with E-state index in [1.54, 1.807) is 32.2 Å². The van der Waals surface area contributed by atoms with E-state index >= 15 is 0 Å². The van der Waals surface area contributed by atoms with Crippen molar-refractivity contribution in [2.24, 2.45) is 0 Å². The SMILES string of the molecule is COc1ccc(Oc2sc([C@@H](C)O)cc2[N+](=O)[O-])c(Br)c1. The Morgan fingerprint density at radius 3 is 2.67 bits per heavy atom. The summed E-state index contributed by atoms with van der Waals surface area (Å²) in [5.74, 6) is 1.07. The molecule has 0 unspecified atom stereocenters. The fourth-order valence-electron chi connectivity index (χ4n) is 1.58. The second-order valence-corrected chi connectivity index (χ2v) is 6.05. The van der Waals surface area contributed by atoms with E-state index in [-0.39, 0.29) is 10.8 Å². The summed E-state index contributed by atoms with van der Waals surface area (Å²) in [6, 6.07) is 6.36. The second kappa shape index (κ2) is 6.42. The number of ether oxygens (including phenoxy) is 2. The molecule has 0 saturated heterocycles. The van der Waals surface area contributed by atoms with Crippen molar-refractivity contribution in [3.05, 3.63) is 43.7 Å². The van der Waals surface area contributed by atoms with Crippen LogP contribution in [0.3, 0.4) is 0 Å². The third-order valence-electron chi connectivity index (χ3n) is 2.65. The third kappa shape index (κ3) is 3.52. The normalized spacial score (nSPS) is 12.0. The van der Waals surface area contributed by atoms with Crippen LogP contribution in [0, 0.1) is 10.1 Å². The van der Waals surface area contributed by atoms with E-state index < -0.39 is 11.0 Å². The van der Waals surface area contributed by atoms with Gasteiger partial charge in [0.1, 0.15) is 11.5 Å². The Bertz CT molecular complexity index is 671. The number of rotatable bonds is 5. The quantitative estimate of drug-likeness (QED) is 0.624. The van der Waals surface area contributed by atoms with E-state index in [1.165, 1.54) is 6.07 Å². The number of hydrogen-bond donors (Lipinski definition) is 1. The van der Waals surface area contributed by atoms with Gasteiger partial charge in [-0.1, -0.05) is 11.3 Å². The summed E-state index contributed by atoms with van der Waals surface area (Å²) in [6.07, 6.45) is -0.787. The summed E-state index contributed by atoms with van der Waals surface area (Å²) < 4.78 is 11.3. The van der Waals surface area contributed by atoms with Crippen molar-refractivity contribution in [2.45, 2.75) is 13.0 Å². The van der Waals surface area contributed by atoms with Crippen LogP contribution in [-0.4, -0.2) is 17.1 Å². The maximum atomic E-state index is 11.1. The van der Waals surface area contributed by atoms with E-state index in [0.29, 0.717) is 20.8 Å². The lowest BCUT2D eigenvalue weighted by atomic mass is 10.3. The highest BCUT2D eigenvalue weighted by Crippen LogP contribution is 2.43. The van der Waals surface area contributed by atoms with Gasteiger partial charge in [-0.3, -0.25) is 10.1 Å². The third-order valence-corrected chi connectivity index (χ3v) is 4.44. The number of methoxy groups -OCH3 is 1. The van der Waals surface area contributed by atoms with E-state index in [1.807, 2.05) is 0 Å². The molecule has 6 nitrogen and oxygen atoms in total. The second-order valence-electron chi connectivity index (χ2n) is 4.15. The van der Waals surface area contributed by atoms with Gasteiger partial charge in [0, 0.05) is 10.9 Å². The number of benzene rings is 1. The summed E-state index contributed by atoms with van der Waals surface area (Å²) in [7, 11) is 1.54. The van der Waals surface area contributed by atoms with Gasteiger partial charge >= 0.3 is 5.69 Å². The van der Waals surface area contributed by atoms with Gasteiger partial charge in [0.05, 0.1) is 22.6 Å². The summed E-state index contributed by atoms with van der Waals surface area (Å²) in [5.41, 5.74) is -0.168. The largest absolute Gasteiger partial charge is 0.497 e. The smallest absolute Gasteiger partial charge is 0.323 e. The predicted octanol–water partition coefficient (Wildman–Crippen LogP) is 4.27. The lowest BCUT2D eigenvalue weighted by Gasteiger charge is -2.07. The first kappa shape index (κ1) is 15.7. The van der Waals surface area contributed by atoms with Crippen LogP contribution in [0.25, 0.3) is 0 Å². The van der Waals surface area contributed by atoms with Gasteiger partial charge < -0.3 is 14.6 Å². The van der Waals surface area contributed by atoms with Crippen LogP contribution >= 0.6 is 27.3 Å². The first-order valence-corrected chi connectivity index (χ1v) is 7.51. The molecular weight excluding hydrogens is 362 g/mol. The molecule has 8 heteroatoms. The van der Waals surface area contributed by atoms with Crippen molar-refractivity contribution in [3.8, 4) is 16.6 Å². The van der Waals surface area contributed by atoms with Crippen molar-refractivity contribution in [1.29, 1.82) is 0 Å². The minimum Gasteiger partial charge on any atom is -0.497 e. The molecule has 0 radical (unpaired) electrons. The molecule has 1 heterocycles. The molecule has 1 aromatic heterocycles. The number of thiophene rings is 1. The van der Waals surface area contributed by atoms with E-state index in [2.05, 4.69) is 15.9 Å². The van der Waals surface area contributed by atoms with Crippen molar-refractivity contribution < 1.29 is 19.5 Å². The molecule has 1 aromatic carbocycles. The Morgan fingerprint density at radius 1 is 1.43 bits per heavy atom. The van der Waals surface area contributed by atoms with Crippen LogP contribution in [0.4, 0.5) is 5.69 Å². The highest BCUT2D eigenvalue weighted by molar-refractivity contribution is 9.10. The van der Waals surface area contributed by atoms with E-state index in [9.17, 15) is 15.2 Å². The fraction of sp³-hybridized carbons (Fsp3) is 0.231. The summed E-state index contributed by atoms with van der Waals surface area (Å²) in [5, 5.41) is 20.7. The molecule has 0 bridgehead atoms. The zero-order valence-electron chi connectivity index (χ0n) is 11.2. The molecule has 0 spiro atoms. The molecular formula is C13H12BrNO5S. The van der Waals surface area contributed by atoms with Crippen LogP contribution in [0.5, 0.6) is 16.6 Å². The summed E-state index contributed by atoms with van der Waals surface area (Å²) in [4.78, 5) is 11.0. The van der Waals surface area contributed by atoms with Crippen molar-refractivity contribution in [1.82, 2.24) is 0 Å². The first-order valence-electron chi connectivity index (χ1n) is 5.90. The molecule has 1 N–H and O–H groups in total. The minimum atomic E-state index is -0.787. The van der Waals surface area contributed by atoms with Gasteiger partial charge in [0.25, 0.3) is 5.06 Å². The highest BCUT2D eigenvalue weighted by atomic mass is 79.9. The minimum absolute atomic E-state index is 0.127. The average molecular weight is 374 g/mol. The first-order chi connectivity index (χ1) is 9.92. The van der Waals surface area contributed by atoms with Crippen molar-refractivity contribution in [2.75, 3.05) is 7.11 Å². The van der Waals surface area contributed by atoms with Crippen LogP contribution in [0.15, 0.2) is 28.7 Å². The van der Waals surface area contributed by atoms with Crippen molar-refractivity contribution in [3.63, 3.8) is 0 Å². The fourth-order valence-corrected chi connectivity index (χ4v) is 2.94. The Morgan fingerprint density at radius 2 is 2.14 bits per heavy atom. The molecule has 0 amide bonds. The molecule has 0 aliphatic rings. The zero-order chi connectivity index (χ0) is 15.6. The summed E-state index contributed by atoms with van der Waals surface area (Å²) in [6.45, 7) is 1.54. The van der Waals surface area contributed by atoms with E-state index in [4.69, 9.17) is 9.47 Å². The molecule has 0 aliphatic heterocycles. The molecule has 21 heavy (non-hydrogen) atoms. The topological polar surface area (TPSA) is 81.8 Å². The molecule has 0 aliphatic carbocycles. The van der Waals surface area contributed by atoms with Crippen molar-refractivity contribution >= 4 is 33.0 Å². The number of aliphatic hydroxyl groups is 1. The van der Waals surface area contributed by atoms with Crippen LogP contribution in [0.1, 0.15) is 17.9 Å². The van der Waals surface area contributed by atoms with Gasteiger partial charge in [0.15, 0.2) is 0 Å². The van der Waals surface area contributed by atoms with E-state index in [0.717, 1.165) is 11.3 Å². The lowest BCUT2D eigenvalue weighted by molar-refractivity contribution is -0.385. The van der Waals surface area contributed by atoms with Crippen LogP contribution in [0.2, 0.25) is 0 Å². The Kier molecular flexibility index (Phi) is 4.81. The monoisotopic (exact) mass is 373 g/mol. The van der Waals surface area contributed by atoms with Crippen LogP contribution < -0.4 is 9.47 Å². The van der Waals surface area contributed by atoms with Crippen LogP contribution in [-0.2, 0) is 0 Å². The Balaban J connectivity index is 2.36. The molecule has 2 aromatic rings. The Labute approximate surface area is 133 Å². The maximum Gasteiger partial charge on any atom is 0.323 e. The van der Waals surface area contributed by atoms with Gasteiger partial charge in [-0.15, -0.1) is 0 Å². The molecule has 2 rings (SSSR count).